The van der Waals surface area contributed by atoms with Gasteiger partial charge < -0.3 is 15.1 Å². The lowest BCUT2D eigenvalue weighted by atomic mass is 10.0. The Morgan fingerprint density at radius 3 is 2.29 bits per heavy atom. The number of methoxy groups -OCH3 is 1. The molecule has 1 atom stereocenters. The zero-order valence-electron chi connectivity index (χ0n) is 19.3. The highest BCUT2D eigenvalue weighted by Crippen LogP contribution is 2.29. The first-order valence-corrected chi connectivity index (χ1v) is 12.0. The van der Waals surface area contributed by atoms with Gasteiger partial charge in [-0.15, -0.1) is 0 Å². The van der Waals surface area contributed by atoms with E-state index in [1.54, 1.807) is 43.2 Å². The van der Waals surface area contributed by atoms with Gasteiger partial charge in [-0.2, -0.15) is 0 Å². The maximum atomic E-state index is 12.5. The Kier molecular flexibility index (Phi) is 9.50. The standard InChI is InChI=1S/C28H29NO4S/c1-3-4-8-25(29-32)28(31)21-13-17-23(18-14-21)34-22-15-10-20(11-16-22)12-19-26(30)24-7-5-6-9-27(24)33-2/h5-7,9-19,28,31-32H,3-4,8H2,1-2H3/b19-12+,29-25-. The molecule has 0 bridgehead atoms. The molecule has 1 unspecified atom stereocenters. The van der Waals surface area contributed by atoms with Crippen LogP contribution in [0.25, 0.3) is 6.08 Å². The van der Waals surface area contributed by atoms with Crippen LogP contribution in [0.4, 0.5) is 0 Å². The van der Waals surface area contributed by atoms with Gasteiger partial charge in [0.25, 0.3) is 0 Å². The summed E-state index contributed by atoms with van der Waals surface area (Å²) in [5, 5.41) is 23.0. The third kappa shape index (κ3) is 6.83. The maximum absolute atomic E-state index is 12.5. The lowest BCUT2D eigenvalue weighted by molar-refractivity contribution is 0.104. The van der Waals surface area contributed by atoms with Crippen LogP contribution in [-0.2, 0) is 0 Å². The Labute approximate surface area is 204 Å². The summed E-state index contributed by atoms with van der Waals surface area (Å²) in [7, 11) is 1.55. The average molecular weight is 476 g/mol. The molecule has 3 rings (SSSR count). The number of aliphatic hydroxyl groups is 1. The predicted molar refractivity (Wildman–Crippen MR) is 137 cm³/mol. The molecule has 0 radical (unpaired) electrons. The van der Waals surface area contributed by atoms with Crippen molar-refractivity contribution in [2.75, 3.05) is 7.11 Å². The molecule has 0 aliphatic heterocycles. The minimum atomic E-state index is -0.903. The first-order valence-electron chi connectivity index (χ1n) is 11.2. The van der Waals surface area contributed by atoms with Gasteiger partial charge in [0.2, 0.25) is 0 Å². The van der Waals surface area contributed by atoms with E-state index in [1.807, 2.05) is 60.7 Å². The molecule has 5 nitrogen and oxygen atoms in total. The first kappa shape index (κ1) is 25.3. The number of allylic oxidation sites excluding steroid dienone is 1. The second kappa shape index (κ2) is 12.8. The molecule has 6 heteroatoms. The number of benzene rings is 3. The van der Waals surface area contributed by atoms with Crippen LogP contribution in [-0.4, -0.2) is 28.9 Å². The molecule has 0 aliphatic carbocycles. The molecule has 0 saturated carbocycles. The summed E-state index contributed by atoms with van der Waals surface area (Å²) in [6.07, 6.45) is 4.83. The largest absolute Gasteiger partial charge is 0.496 e. The highest BCUT2D eigenvalue weighted by Gasteiger charge is 2.15. The summed E-state index contributed by atoms with van der Waals surface area (Å²) in [6.45, 7) is 2.05. The van der Waals surface area contributed by atoms with Gasteiger partial charge in [0.1, 0.15) is 11.9 Å². The molecule has 176 valence electrons. The van der Waals surface area contributed by atoms with Crippen molar-refractivity contribution in [2.45, 2.75) is 42.1 Å². The van der Waals surface area contributed by atoms with Crippen molar-refractivity contribution in [1.82, 2.24) is 0 Å². The van der Waals surface area contributed by atoms with Crippen molar-refractivity contribution in [3.8, 4) is 5.75 Å². The number of para-hydroxylation sites is 1. The van der Waals surface area contributed by atoms with Crippen LogP contribution in [0.2, 0.25) is 0 Å². The predicted octanol–water partition coefficient (Wildman–Crippen LogP) is 6.80. The van der Waals surface area contributed by atoms with Crippen molar-refractivity contribution < 1.29 is 19.8 Å². The van der Waals surface area contributed by atoms with Crippen LogP contribution in [0, 0.1) is 0 Å². The van der Waals surface area contributed by atoms with E-state index in [9.17, 15) is 15.1 Å². The van der Waals surface area contributed by atoms with Crippen LogP contribution < -0.4 is 4.74 Å². The summed E-state index contributed by atoms with van der Waals surface area (Å²) >= 11 is 1.60. The molecule has 0 spiro atoms. The van der Waals surface area contributed by atoms with Gasteiger partial charge >= 0.3 is 0 Å². The number of ketones is 1. The monoisotopic (exact) mass is 475 g/mol. The molecule has 3 aromatic carbocycles. The number of ether oxygens (including phenoxy) is 1. The molecule has 0 fully saturated rings. The Morgan fingerprint density at radius 1 is 1.03 bits per heavy atom. The van der Waals surface area contributed by atoms with E-state index < -0.39 is 6.10 Å². The van der Waals surface area contributed by atoms with Gasteiger partial charge in [-0.3, -0.25) is 4.79 Å². The summed E-state index contributed by atoms with van der Waals surface area (Å²) in [6, 6.07) is 22.7. The number of hydrogen-bond donors (Lipinski definition) is 2. The molecule has 2 N–H and O–H groups in total. The van der Waals surface area contributed by atoms with Gasteiger partial charge in [0.15, 0.2) is 5.78 Å². The molecule has 0 amide bonds. The van der Waals surface area contributed by atoms with E-state index in [1.165, 1.54) is 0 Å². The summed E-state index contributed by atoms with van der Waals surface area (Å²) in [5.41, 5.74) is 2.54. The SMILES string of the molecule is CCCC/C(=N/O)C(O)c1ccc(Sc2ccc(/C=C/C(=O)c3ccccc3OC)cc2)cc1. The van der Waals surface area contributed by atoms with Gasteiger partial charge in [-0.25, -0.2) is 0 Å². The third-order valence-electron chi connectivity index (χ3n) is 5.34. The summed E-state index contributed by atoms with van der Waals surface area (Å²) in [5.74, 6) is 0.450. The number of nitrogens with zero attached hydrogens (tertiary/aromatic N) is 1. The Bertz CT molecular complexity index is 1140. The molecule has 34 heavy (non-hydrogen) atoms. The maximum Gasteiger partial charge on any atom is 0.189 e. The van der Waals surface area contributed by atoms with Crippen LogP contribution in [0.3, 0.4) is 0 Å². The van der Waals surface area contributed by atoms with Gasteiger partial charge in [-0.05, 0) is 66.4 Å². The molecule has 0 heterocycles. The molecular formula is C28H29NO4S. The van der Waals surface area contributed by atoms with Crippen molar-refractivity contribution in [2.24, 2.45) is 5.16 Å². The summed E-state index contributed by atoms with van der Waals surface area (Å²) < 4.78 is 5.26. The zero-order chi connectivity index (χ0) is 24.3. The van der Waals surface area contributed by atoms with Crippen molar-refractivity contribution in [1.29, 1.82) is 0 Å². The minimum absolute atomic E-state index is 0.109. The number of unbranched alkanes of at least 4 members (excludes halogenated alkanes) is 1. The van der Waals surface area contributed by atoms with Gasteiger partial charge in [0, 0.05) is 9.79 Å². The average Bonchev–Trinajstić information content (AvgIpc) is 2.88. The second-order valence-corrected chi connectivity index (χ2v) is 8.88. The highest BCUT2D eigenvalue weighted by atomic mass is 32.2. The molecule has 0 saturated heterocycles. The molecule has 0 aromatic heterocycles. The van der Waals surface area contributed by atoms with E-state index in [2.05, 4.69) is 12.1 Å². The second-order valence-electron chi connectivity index (χ2n) is 7.74. The normalized spacial score (nSPS) is 12.6. The number of aliphatic hydroxyl groups excluding tert-OH is 1. The molecule has 3 aromatic rings. The van der Waals surface area contributed by atoms with Crippen molar-refractivity contribution in [3.05, 3.63) is 95.6 Å². The van der Waals surface area contributed by atoms with Gasteiger partial charge in [-0.1, -0.05) is 72.7 Å². The minimum Gasteiger partial charge on any atom is -0.496 e. The van der Waals surface area contributed by atoms with Gasteiger partial charge in [0.05, 0.1) is 18.4 Å². The van der Waals surface area contributed by atoms with Crippen LogP contribution in [0.5, 0.6) is 5.75 Å². The van der Waals surface area contributed by atoms with Crippen LogP contribution in [0.15, 0.2) is 93.8 Å². The number of rotatable bonds is 11. The topological polar surface area (TPSA) is 79.1 Å². The lowest BCUT2D eigenvalue weighted by Crippen LogP contribution is -2.12. The molecular weight excluding hydrogens is 446 g/mol. The highest BCUT2D eigenvalue weighted by molar-refractivity contribution is 7.99. The summed E-state index contributed by atoms with van der Waals surface area (Å²) in [4.78, 5) is 14.6. The quantitative estimate of drug-likeness (QED) is 0.105. The van der Waals surface area contributed by atoms with Crippen molar-refractivity contribution >= 4 is 29.3 Å². The first-order chi connectivity index (χ1) is 16.5. The van der Waals surface area contributed by atoms with Crippen LogP contribution in [0.1, 0.15) is 53.8 Å². The zero-order valence-corrected chi connectivity index (χ0v) is 20.2. The van der Waals surface area contributed by atoms with E-state index in [0.29, 0.717) is 29.0 Å². The Balaban J connectivity index is 1.61. The number of carbonyl (C=O) groups is 1. The molecule has 0 aliphatic rings. The number of oxime groups is 1. The van der Waals surface area contributed by atoms with Crippen molar-refractivity contribution in [3.63, 3.8) is 0 Å². The lowest BCUT2D eigenvalue weighted by Gasteiger charge is -2.13. The number of carbonyl (C=O) groups excluding carboxylic acids is 1. The van der Waals surface area contributed by atoms with E-state index in [0.717, 1.165) is 28.2 Å². The number of hydrogen-bond acceptors (Lipinski definition) is 6. The Hall–Kier alpha value is -3.35. The fraction of sp³-hybridized carbons (Fsp3) is 0.214. The fourth-order valence-corrected chi connectivity index (χ4v) is 4.22. The van der Waals surface area contributed by atoms with E-state index >= 15 is 0 Å². The van der Waals surface area contributed by atoms with E-state index in [-0.39, 0.29) is 5.78 Å². The van der Waals surface area contributed by atoms with E-state index in [4.69, 9.17) is 4.74 Å². The third-order valence-corrected chi connectivity index (χ3v) is 6.36. The fourth-order valence-electron chi connectivity index (χ4n) is 3.40. The smallest absolute Gasteiger partial charge is 0.189 e. The Morgan fingerprint density at radius 2 is 1.68 bits per heavy atom. The van der Waals surface area contributed by atoms with Crippen LogP contribution >= 0.6 is 11.8 Å².